The van der Waals surface area contributed by atoms with Crippen molar-refractivity contribution in [3.05, 3.63) is 383 Å². The van der Waals surface area contributed by atoms with Gasteiger partial charge >= 0.3 is 0 Å². The number of rotatable bonds is 30. The van der Waals surface area contributed by atoms with E-state index in [2.05, 4.69) is 30.2 Å². The van der Waals surface area contributed by atoms with Crippen LogP contribution in [0.25, 0.3) is 65.9 Å². The zero-order valence-electron chi connectivity index (χ0n) is 73.1. The van der Waals surface area contributed by atoms with E-state index < -0.39 is 125 Å². The summed E-state index contributed by atoms with van der Waals surface area (Å²) in [5.74, 6) is -7.58. The van der Waals surface area contributed by atoms with Crippen molar-refractivity contribution < 1.29 is 97.7 Å². The van der Waals surface area contributed by atoms with E-state index in [1.807, 2.05) is 71.3 Å². The number of benzene rings is 8. The molecule has 0 fully saturated rings. The molecule has 0 aliphatic carbocycles. The number of Topliss-reactive ketones (excluding diaryl/α,β-unsaturated/α-hetero) is 4. The molecule has 1 aliphatic heterocycles. The molecule has 0 saturated carbocycles. The number of aryl methyl sites for hydroxylation is 2. The Morgan fingerprint density at radius 3 is 1.29 bits per heavy atom. The molecule has 37 heteroatoms. The number of fused-ring (bicyclic) bond motifs is 5. The van der Waals surface area contributed by atoms with Crippen LogP contribution in [0.2, 0.25) is 5.02 Å². The lowest BCUT2D eigenvalue weighted by atomic mass is 10.0. The molecular weight excluding hydrogens is 1890 g/mol. The molecule has 702 valence electrons. The van der Waals surface area contributed by atoms with Crippen molar-refractivity contribution in [3.8, 4) is 33.8 Å². The Bertz CT molecular complexity index is 8210. The average Bonchev–Trinajstić information content (AvgIpc) is 1.61. The second-order valence-electron chi connectivity index (χ2n) is 32.4. The van der Waals surface area contributed by atoms with Gasteiger partial charge in [-0.1, -0.05) is 131 Å². The van der Waals surface area contributed by atoms with Gasteiger partial charge in [-0.2, -0.15) is 4.39 Å². The third kappa shape index (κ3) is 22.7. The number of carbonyl (C=O) groups excluding carboxylic acids is 4. The molecule has 11 heterocycles. The van der Waals surface area contributed by atoms with E-state index in [4.69, 9.17) is 30.1 Å². The minimum atomic E-state index is -4.29. The van der Waals surface area contributed by atoms with Crippen molar-refractivity contribution in [3.63, 3.8) is 0 Å². The molecule has 0 unspecified atom stereocenters. The van der Waals surface area contributed by atoms with E-state index in [1.54, 1.807) is 170 Å². The molecule has 0 spiro atoms. The minimum Gasteiger partial charge on any atom is -0.454 e. The van der Waals surface area contributed by atoms with Crippen LogP contribution in [-0.4, -0.2) is 135 Å². The first-order valence-corrected chi connectivity index (χ1v) is 49.4. The number of halogens is 7. The fourth-order valence-electron chi connectivity index (χ4n) is 16.0. The maximum atomic E-state index is 14.9. The third-order valence-corrected chi connectivity index (χ3v) is 29.1. The van der Waals surface area contributed by atoms with E-state index >= 15 is 0 Å². The Balaban J connectivity index is 0.000000133. The van der Waals surface area contributed by atoms with Gasteiger partial charge in [0.25, 0.3) is 0 Å². The summed E-state index contributed by atoms with van der Waals surface area (Å²) in [6.45, 7) is 4.32. The fraction of sp³-hybridized carbons (Fsp3) is 0.149. The van der Waals surface area contributed by atoms with Crippen LogP contribution in [0.3, 0.4) is 0 Å². The van der Waals surface area contributed by atoms with Gasteiger partial charge in [0.05, 0.1) is 77.2 Å². The molecule has 18 aromatic rings. The van der Waals surface area contributed by atoms with E-state index in [0.29, 0.717) is 97.5 Å². The van der Waals surface area contributed by atoms with Crippen molar-refractivity contribution in [2.75, 3.05) is 29.8 Å². The molecule has 1 aliphatic rings. The molecule has 19 rings (SSSR count). The number of ketones is 4. The first kappa shape index (κ1) is 96.0. The normalized spacial score (nSPS) is 12.0. The average molecular weight is 1970 g/mol. The SMILES string of the molecule is Cc1cc(CC(=O)CS(=O)(=O)c2cn(Cc3ccc4c(c3)OCO4)c3ccccc23)no1.Cc1cc(CC(=O)CS(=O)(=O)c2cn(Cc3cccc(Cl)c3F)c3ccccc23)no1.O=C(Cc1ccccn1)CS(=O)(=O)c1cn(Cc2cccc(-c3cccnc3)c2)c2cc(F)cc(F)c12.O=C(Cc1ccccn1)CS(=O)(=O)c1cn(Cc2cccc(-c3cccnc3F)c2)c2cc(F)cc(F)c12. The number of hydrogen-bond acceptors (Lipinski definition) is 22. The van der Waals surface area contributed by atoms with Crippen LogP contribution in [0.15, 0.2) is 315 Å². The van der Waals surface area contributed by atoms with Gasteiger partial charge in [0.2, 0.25) is 12.7 Å². The zero-order chi connectivity index (χ0) is 97.3. The van der Waals surface area contributed by atoms with Crippen LogP contribution in [0, 0.1) is 48.9 Å². The quantitative estimate of drug-likeness (QED) is 0.0298. The second-order valence-corrected chi connectivity index (χ2v) is 40.6. The summed E-state index contributed by atoms with van der Waals surface area (Å²) in [5, 5.41) is 8.01. The smallest absolute Gasteiger partial charge is 0.231 e. The summed E-state index contributed by atoms with van der Waals surface area (Å²) in [5.41, 5.74) is 8.42. The molecule has 8 aromatic carbocycles. The maximum absolute atomic E-state index is 14.9. The van der Waals surface area contributed by atoms with E-state index in [9.17, 15) is 79.2 Å². The summed E-state index contributed by atoms with van der Waals surface area (Å²) in [4.78, 5) is 65.2. The second kappa shape index (κ2) is 41.2. The first-order valence-electron chi connectivity index (χ1n) is 42.4. The van der Waals surface area contributed by atoms with Gasteiger partial charge in [0.1, 0.15) is 63.6 Å². The summed E-state index contributed by atoms with van der Waals surface area (Å²) < 4.78 is 219. The van der Waals surface area contributed by atoms with Crippen molar-refractivity contribution in [1.29, 1.82) is 0 Å². The number of pyridine rings is 4. The Hall–Kier alpha value is -15.1. The number of sulfone groups is 4. The van der Waals surface area contributed by atoms with Crippen molar-refractivity contribution in [2.24, 2.45) is 0 Å². The van der Waals surface area contributed by atoms with Gasteiger partial charge in [-0.15, -0.1) is 0 Å². The minimum absolute atomic E-state index is 0.00417. The molecule has 0 atom stereocenters. The number of ether oxygens (including phenoxy) is 2. The number of para-hydroxylation sites is 2. The Kier molecular flexibility index (Phi) is 28.7. The highest BCUT2D eigenvalue weighted by molar-refractivity contribution is 7.93. The van der Waals surface area contributed by atoms with Crippen molar-refractivity contribution in [1.82, 2.24) is 48.5 Å². The standard InChI is InChI=1S/C28H20F3N3O3S.C28H21F2N3O3S.C23H20N2O6S.C22H18ClFN2O4S/c29-20-12-24(30)27-25(13-20)34(15-18-5-3-6-19(11-18)23-8-4-10-33-28(23)31)16-26(27)38(36,37)17-22(35)14-21-7-1-2-9-32-21;29-22-12-25(30)28-26(13-22)33(16-19-5-3-6-20(11-19)21-7-4-9-31-15-21)17-27(28)37(35,36)18-24(34)14-23-8-1-2-10-32-23;1-15-8-17(24-31-15)10-18(26)13-32(27,28)23-12-25(20-5-3-2-4-19(20)23)11-16-6-7-21-22(9-16)30-14-29-21;1-14-9-16(25-30-14)10-17(27)13-31(28,29)21-12-26(20-8-3-2-6-18(20)21)11-15-5-4-7-19(23)22(15)24/h1-13,16H,14-15,17H2;1-13,15,17H,14,16,18H2;2-9,12H,10-11,13-14H2,1H3;2-9,12H,10-11,13H2,1H3. The highest BCUT2D eigenvalue weighted by atomic mass is 35.5. The lowest BCUT2D eigenvalue weighted by Crippen LogP contribution is -2.18. The van der Waals surface area contributed by atoms with Crippen LogP contribution < -0.4 is 9.47 Å². The fourth-order valence-corrected chi connectivity index (χ4v) is 22.1. The summed E-state index contributed by atoms with van der Waals surface area (Å²) in [7, 11) is -16.3. The van der Waals surface area contributed by atoms with Crippen molar-refractivity contribution >= 4 is 118 Å². The van der Waals surface area contributed by atoms with Gasteiger partial charge in [0, 0.05) is 157 Å². The van der Waals surface area contributed by atoms with Crippen LogP contribution in [0.4, 0.5) is 26.3 Å². The van der Waals surface area contributed by atoms with E-state index in [1.165, 1.54) is 52.4 Å². The molecule has 0 amide bonds. The number of carbonyl (C=O) groups is 4. The Labute approximate surface area is 790 Å². The molecule has 26 nitrogen and oxygen atoms in total. The highest BCUT2D eigenvalue weighted by Crippen LogP contribution is 2.38. The zero-order valence-corrected chi connectivity index (χ0v) is 77.1. The molecule has 0 radical (unpaired) electrons. The lowest BCUT2D eigenvalue weighted by molar-refractivity contribution is -0.117. The lowest BCUT2D eigenvalue weighted by Gasteiger charge is -2.09. The Morgan fingerprint density at radius 2 is 0.804 bits per heavy atom. The molecule has 10 aromatic heterocycles. The van der Waals surface area contributed by atoms with Gasteiger partial charge in [-0.3, -0.25) is 34.1 Å². The Morgan fingerprint density at radius 1 is 0.377 bits per heavy atom. The van der Waals surface area contributed by atoms with Crippen LogP contribution in [0.5, 0.6) is 11.5 Å². The van der Waals surface area contributed by atoms with Gasteiger partial charge in [-0.05, 0) is 144 Å². The van der Waals surface area contributed by atoms with Gasteiger partial charge < -0.3 is 36.8 Å². The monoisotopic (exact) mass is 1960 g/mol. The summed E-state index contributed by atoms with van der Waals surface area (Å²) in [6, 6.07) is 62.2. The predicted octanol–water partition coefficient (Wildman–Crippen LogP) is 17.8. The van der Waals surface area contributed by atoms with Crippen LogP contribution in [0.1, 0.15) is 56.6 Å². The van der Waals surface area contributed by atoms with Gasteiger partial charge in [-0.25, -0.2) is 60.6 Å². The molecular formula is C101H79ClF6N10O16S4. The van der Waals surface area contributed by atoms with Gasteiger partial charge in [0.15, 0.2) is 74.0 Å². The molecule has 0 bridgehead atoms. The number of nitrogens with zero attached hydrogens (tertiary/aromatic N) is 10. The summed E-state index contributed by atoms with van der Waals surface area (Å²) in [6.07, 6.45) is 12.6. The first-order chi connectivity index (χ1) is 66.1. The summed E-state index contributed by atoms with van der Waals surface area (Å²) >= 11 is 5.87. The molecule has 138 heavy (non-hydrogen) atoms. The topological polar surface area (TPSA) is 347 Å². The third-order valence-electron chi connectivity index (χ3n) is 22.1. The molecule has 0 N–H and O–H groups in total. The number of aromatic nitrogens is 10. The molecule has 0 saturated heterocycles. The predicted molar refractivity (Wildman–Crippen MR) is 501 cm³/mol. The van der Waals surface area contributed by atoms with Crippen molar-refractivity contribution in [2.45, 2.75) is 85.3 Å². The van der Waals surface area contributed by atoms with E-state index in [-0.39, 0.29) is 99.2 Å². The van der Waals surface area contributed by atoms with E-state index in [0.717, 1.165) is 39.9 Å². The van der Waals surface area contributed by atoms with Crippen LogP contribution in [-0.2, 0) is 110 Å². The maximum Gasteiger partial charge on any atom is 0.231 e. The largest absolute Gasteiger partial charge is 0.454 e. The highest BCUT2D eigenvalue weighted by Gasteiger charge is 2.33. The van der Waals surface area contributed by atoms with Crippen LogP contribution >= 0.6 is 11.6 Å². The number of hydrogen-bond donors (Lipinski definition) is 0.